The van der Waals surface area contributed by atoms with Crippen molar-refractivity contribution < 1.29 is 4.39 Å². The first kappa shape index (κ1) is 13.0. The molecular weight excluding hydrogens is 251 g/mol. The summed E-state index contributed by atoms with van der Waals surface area (Å²) in [6.45, 7) is 1.39. The van der Waals surface area contributed by atoms with E-state index in [-0.39, 0.29) is 0 Å². The maximum Gasteiger partial charge on any atom is 0.142 e. The van der Waals surface area contributed by atoms with Crippen LogP contribution in [0.1, 0.15) is 11.3 Å². The largest absolute Gasteiger partial charge is 0.296 e. The van der Waals surface area contributed by atoms with Crippen LogP contribution in [0.5, 0.6) is 0 Å². The third-order valence-corrected chi connectivity index (χ3v) is 2.93. The fourth-order valence-electron chi connectivity index (χ4n) is 1.77. The van der Waals surface area contributed by atoms with Gasteiger partial charge < -0.3 is 0 Å². The molecule has 0 saturated carbocycles. The van der Waals surface area contributed by atoms with Crippen molar-refractivity contribution in [2.24, 2.45) is 0 Å². The van der Waals surface area contributed by atoms with Crippen molar-refractivity contribution in [2.75, 3.05) is 7.05 Å². The average Bonchev–Trinajstić information content (AvgIpc) is 2.34. The molecule has 1 aromatic heterocycles. The molecule has 0 amide bonds. The van der Waals surface area contributed by atoms with Crippen molar-refractivity contribution in [2.45, 2.75) is 13.1 Å². The molecule has 94 valence electrons. The Labute approximate surface area is 111 Å². The smallest absolute Gasteiger partial charge is 0.142 e. The molecule has 0 N–H and O–H groups in total. The summed E-state index contributed by atoms with van der Waals surface area (Å²) in [4.78, 5) is 6.10. The standard InChI is InChI=1S/C14H14ClFN2/c1-18(9-11-5-3-2-4-6-11)10-14-13(15)7-12(16)8-17-14/h2-8H,9-10H2,1H3. The molecule has 0 saturated heterocycles. The lowest BCUT2D eigenvalue weighted by Crippen LogP contribution is -2.18. The molecule has 1 heterocycles. The first-order chi connectivity index (χ1) is 8.65. The fourth-order valence-corrected chi connectivity index (χ4v) is 1.98. The minimum Gasteiger partial charge on any atom is -0.296 e. The van der Waals surface area contributed by atoms with Crippen molar-refractivity contribution in [1.82, 2.24) is 9.88 Å². The van der Waals surface area contributed by atoms with Gasteiger partial charge in [0.25, 0.3) is 0 Å². The molecule has 0 unspecified atom stereocenters. The maximum atomic E-state index is 12.9. The van der Waals surface area contributed by atoms with Crippen molar-refractivity contribution in [3.05, 3.63) is 64.7 Å². The van der Waals surface area contributed by atoms with E-state index in [1.807, 2.05) is 25.2 Å². The van der Waals surface area contributed by atoms with Gasteiger partial charge in [0.15, 0.2) is 0 Å². The van der Waals surface area contributed by atoms with Crippen LogP contribution in [0.15, 0.2) is 42.6 Å². The SMILES string of the molecule is CN(Cc1ccccc1)Cc1ncc(F)cc1Cl. The number of aromatic nitrogens is 1. The first-order valence-electron chi connectivity index (χ1n) is 5.67. The van der Waals surface area contributed by atoms with Crippen molar-refractivity contribution >= 4 is 11.6 Å². The normalized spacial score (nSPS) is 10.9. The van der Waals surface area contributed by atoms with Crippen LogP contribution in [0.4, 0.5) is 4.39 Å². The van der Waals surface area contributed by atoms with Crippen LogP contribution in [0.2, 0.25) is 5.02 Å². The van der Waals surface area contributed by atoms with Crippen LogP contribution < -0.4 is 0 Å². The maximum absolute atomic E-state index is 12.9. The number of nitrogens with zero attached hydrogens (tertiary/aromatic N) is 2. The van der Waals surface area contributed by atoms with E-state index in [4.69, 9.17) is 11.6 Å². The van der Waals surface area contributed by atoms with E-state index in [1.165, 1.54) is 17.8 Å². The van der Waals surface area contributed by atoms with Gasteiger partial charge in [0.05, 0.1) is 16.9 Å². The Kier molecular flexibility index (Phi) is 4.28. The lowest BCUT2D eigenvalue weighted by Gasteiger charge is -2.16. The summed E-state index contributed by atoms with van der Waals surface area (Å²) < 4.78 is 12.9. The molecule has 0 spiro atoms. The lowest BCUT2D eigenvalue weighted by molar-refractivity contribution is 0.315. The number of hydrogen-bond acceptors (Lipinski definition) is 2. The summed E-state index contributed by atoms with van der Waals surface area (Å²) in [5.74, 6) is -0.408. The highest BCUT2D eigenvalue weighted by Crippen LogP contribution is 2.16. The van der Waals surface area contributed by atoms with Crippen molar-refractivity contribution in [1.29, 1.82) is 0 Å². The number of hydrogen-bond donors (Lipinski definition) is 0. The zero-order valence-electron chi connectivity index (χ0n) is 10.1. The highest BCUT2D eigenvalue weighted by Gasteiger charge is 2.07. The zero-order valence-corrected chi connectivity index (χ0v) is 10.9. The van der Waals surface area contributed by atoms with Gasteiger partial charge >= 0.3 is 0 Å². The van der Waals surface area contributed by atoms with Gasteiger partial charge in [-0.3, -0.25) is 9.88 Å². The van der Waals surface area contributed by atoms with Gasteiger partial charge in [0, 0.05) is 13.1 Å². The minimum absolute atomic E-state index is 0.370. The molecule has 0 aliphatic heterocycles. The van der Waals surface area contributed by atoms with Crippen LogP contribution in [0.25, 0.3) is 0 Å². The molecule has 4 heteroatoms. The van der Waals surface area contributed by atoms with E-state index in [0.717, 1.165) is 6.54 Å². The molecule has 2 aromatic rings. The van der Waals surface area contributed by atoms with Crippen LogP contribution in [-0.4, -0.2) is 16.9 Å². The molecule has 0 aliphatic rings. The quantitative estimate of drug-likeness (QED) is 0.840. The predicted molar refractivity (Wildman–Crippen MR) is 70.8 cm³/mol. The Morgan fingerprint density at radius 2 is 1.94 bits per heavy atom. The molecule has 2 nitrogen and oxygen atoms in total. The molecule has 0 atom stereocenters. The van der Waals surface area contributed by atoms with E-state index in [9.17, 15) is 4.39 Å². The summed E-state index contributed by atoms with van der Waals surface area (Å²) >= 11 is 5.95. The molecule has 1 aromatic carbocycles. The second-order valence-corrected chi connectivity index (χ2v) is 4.65. The number of rotatable bonds is 4. The monoisotopic (exact) mass is 264 g/mol. The van der Waals surface area contributed by atoms with E-state index in [0.29, 0.717) is 17.3 Å². The van der Waals surface area contributed by atoms with Crippen molar-refractivity contribution in [3.8, 4) is 0 Å². The van der Waals surface area contributed by atoms with Crippen LogP contribution in [-0.2, 0) is 13.1 Å². The number of benzene rings is 1. The Morgan fingerprint density at radius 1 is 1.22 bits per heavy atom. The Hall–Kier alpha value is -1.45. The number of halogens is 2. The lowest BCUT2D eigenvalue weighted by atomic mass is 10.2. The van der Waals surface area contributed by atoms with Crippen LogP contribution in [0.3, 0.4) is 0 Å². The second-order valence-electron chi connectivity index (χ2n) is 4.24. The first-order valence-corrected chi connectivity index (χ1v) is 6.05. The summed E-state index contributed by atoms with van der Waals surface area (Å²) in [6.07, 6.45) is 1.19. The number of pyridine rings is 1. The van der Waals surface area contributed by atoms with Gasteiger partial charge in [0.2, 0.25) is 0 Å². The van der Waals surface area contributed by atoms with Gasteiger partial charge in [0.1, 0.15) is 5.82 Å². The van der Waals surface area contributed by atoms with Crippen molar-refractivity contribution in [3.63, 3.8) is 0 Å². The molecule has 0 radical (unpaired) electrons. The molecule has 0 aliphatic carbocycles. The van der Waals surface area contributed by atoms with E-state index in [2.05, 4.69) is 22.0 Å². The Balaban J connectivity index is 2.01. The summed E-state index contributed by atoms with van der Waals surface area (Å²) in [6, 6.07) is 11.4. The van der Waals surface area contributed by atoms with Crippen LogP contribution >= 0.6 is 11.6 Å². The second kappa shape index (κ2) is 5.94. The fraction of sp³-hybridized carbons (Fsp3) is 0.214. The topological polar surface area (TPSA) is 16.1 Å². The highest BCUT2D eigenvalue weighted by atomic mass is 35.5. The van der Waals surface area contributed by atoms with E-state index < -0.39 is 5.82 Å². The summed E-state index contributed by atoms with van der Waals surface area (Å²) in [5.41, 5.74) is 1.91. The molecule has 0 bridgehead atoms. The molecule has 18 heavy (non-hydrogen) atoms. The predicted octanol–water partition coefficient (Wildman–Crippen LogP) is 3.51. The van der Waals surface area contributed by atoms with E-state index in [1.54, 1.807) is 0 Å². The highest BCUT2D eigenvalue weighted by molar-refractivity contribution is 6.31. The van der Waals surface area contributed by atoms with Crippen LogP contribution in [0, 0.1) is 5.82 Å². The Bertz CT molecular complexity index is 516. The van der Waals surface area contributed by atoms with E-state index >= 15 is 0 Å². The molecular formula is C14H14ClFN2. The summed E-state index contributed by atoms with van der Waals surface area (Å²) in [7, 11) is 1.98. The van der Waals surface area contributed by atoms with Gasteiger partial charge in [-0.25, -0.2) is 4.39 Å². The third-order valence-electron chi connectivity index (χ3n) is 2.60. The Morgan fingerprint density at radius 3 is 2.61 bits per heavy atom. The summed E-state index contributed by atoms with van der Waals surface area (Å²) in [5, 5.41) is 0.370. The average molecular weight is 265 g/mol. The molecule has 2 rings (SSSR count). The third kappa shape index (κ3) is 3.52. The minimum atomic E-state index is -0.408. The van der Waals surface area contributed by atoms with Gasteiger partial charge in [-0.2, -0.15) is 0 Å². The van der Waals surface area contributed by atoms with Gasteiger partial charge in [-0.15, -0.1) is 0 Å². The molecule has 0 fully saturated rings. The van der Waals surface area contributed by atoms with Gasteiger partial charge in [-0.1, -0.05) is 41.9 Å². The zero-order chi connectivity index (χ0) is 13.0. The van der Waals surface area contributed by atoms with Gasteiger partial charge in [-0.05, 0) is 18.7 Å².